The summed E-state index contributed by atoms with van der Waals surface area (Å²) in [4.78, 5) is 35.9. The third kappa shape index (κ3) is 7.63. The lowest BCUT2D eigenvalue weighted by Gasteiger charge is -2.20. The minimum atomic E-state index is -1.27. The molecule has 3 amide bonds. The molecule has 0 aromatic heterocycles. The third-order valence-electron chi connectivity index (χ3n) is 4.23. The molecule has 0 saturated carbocycles. The van der Waals surface area contributed by atoms with Gasteiger partial charge in [-0.1, -0.05) is 60.7 Å². The Morgan fingerprint density at radius 2 is 1.48 bits per heavy atom. The fourth-order valence-corrected chi connectivity index (χ4v) is 2.61. The molecule has 0 bridgehead atoms. The molecule has 0 fully saturated rings. The van der Waals surface area contributed by atoms with Crippen LogP contribution in [0.4, 0.5) is 4.79 Å². The number of rotatable bonds is 10. The second kappa shape index (κ2) is 11.5. The Morgan fingerprint density at radius 3 is 2.03 bits per heavy atom. The monoisotopic (exact) mass is 399 g/mol. The van der Waals surface area contributed by atoms with Crippen LogP contribution in [0.15, 0.2) is 60.7 Å². The second-order valence-electron chi connectivity index (χ2n) is 6.43. The number of hydrogen-bond acceptors (Lipinski definition) is 5. The van der Waals surface area contributed by atoms with E-state index in [-0.39, 0.29) is 6.61 Å². The highest BCUT2D eigenvalue weighted by atomic mass is 16.5. The smallest absolute Gasteiger partial charge is 0.408 e. The van der Waals surface area contributed by atoms with E-state index in [9.17, 15) is 19.5 Å². The number of benzene rings is 2. The average Bonchev–Trinajstić information content (AvgIpc) is 2.74. The SMILES string of the molecule is NC(=O)[C@H](CCc1ccccc1)NC(=O)[C@H](CO)NC(=O)OCc1ccccc1. The van der Waals surface area contributed by atoms with Gasteiger partial charge in [-0.3, -0.25) is 9.59 Å². The van der Waals surface area contributed by atoms with Gasteiger partial charge in [0.05, 0.1) is 6.61 Å². The van der Waals surface area contributed by atoms with E-state index in [0.717, 1.165) is 11.1 Å². The fourth-order valence-electron chi connectivity index (χ4n) is 2.61. The van der Waals surface area contributed by atoms with Gasteiger partial charge in [0.1, 0.15) is 18.7 Å². The summed E-state index contributed by atoms with van der Waals surface area (Å²) in [5.74, 6) is -1.42. The van der Waals surface area contributed by atoms with Gasteiger partial charge >= 0.3 is 6.09 Å². The number of carbonyl (C=O) groups is 3. The first-order valence-electron chi connectivity index (χ1n) is 9.21. The normalized spacial score (nSPS) is 12.4. The van der Waals surface area contributed by atoms with Crippen LogP contribution >= 0.6 is 0 Å². The zero-order valence-corrected chi connectivity index (χ0v) is 15.9. The van der Waals surface area contributed by atoms with Gasteiger partial charge in [-0.15, -0.1) is 0 Å². The summed E-state index contributed by atoms with van der Waals surface area (Å²) in [5, 5.41) is 14.2. The number of nitrogens with two attached hydrogens (primary N) is 1. The van der Waals surface area contributed by atoms with Crippen molar-refractivity contribution in [3.63, 3.8) is 0 Å². The molecule has 8 nitrogen and oxygen atoms in total. The zero-order chi connectivity index (χ0) is 21.1. The minimum absolute atomic E-state index is 0.0213. The van der Waals surface area contributed by atoms with Gasteiger partial charge in [0.25, 0.3) is 0 Å². The lowest BCUT2D eigenvalue weighted by atomic mass is 10.0. The number of ether oxygens (including phenoxy) is 1. The molecule has 8 heteroatoms. The van der Waals surface area contributed by atoms with Crippen molar-refractivity contribution in [3.05, 3.63) is 71.8 Å². The number of nitrogens with one attached hydrogen (secondary N) is 2. The molecular weight excluding hydrogens is 374 g/mol. The second-order valence-corrected chi connectivity index (χ2v) is 6.43. The maximum Gasteiger partial charge on any atom is 0.408 e. The van der Waals surface area contributed by atoms with E-state index in [1.54, 1.807) is 24.3 Å². The predicted octanol–water partition coefficient (Wildman–Crippen LogP) is 0.877. The molecule has 2 atom stereocenters. The number of hydrogen-bond donors (Lipinski definition) is 4. The molecule has 0 saturated heterocycles. The Labute approximate surface area is 169 Å². The molecule has 2 rings (SSSR count). The molecule has 0 aliphatic carbocycles. The quantitative estimate of drug-likeness (QED) is 0.471. The van der Waals surface area contributed by atoms with E-state index in [4.69, 9.17) is 10.5 Å². The number of primary amides is 1. The molecule has 2 aromatic carbocycles. The number of aryl methyl sites for hydroxylation is 1. The molecule has 0 unspecified atom stereocenters. The van der Waals surface area contributed by atoms with Crippen molar-refractivity contribution in [2.45, 2.75) is 31.5 Å². The van der Waals surface area contributed by atoms with E-state index in [1.807, 2.05) is 36.4 Å². The lowest BCUT2D eigenvalue weighted by Crippen LogP contribution is -2.54. The highest BCUT2D eigenvalue weighted by Gasteiger charge is 2.25. The van der Waals surface area contributed by atoms with Crippen molar-refractivity contribution in [2.75, 3.05) is 6.61 Å². The van der Waals surface area contributed by atoms with Gasteiger partial charge in [0.15, 0.2) is 0 Å². The number of alkyl carbamates (subject to hydrolysis) is 1. The summed E-state index contributed by atoms with van der Waals surface area (Å²) in [5.41, 5.74) is 7.15. The van der Waals surface area contributed by atoms with Crippen LogP contribution in [-0.2, 0) is 27.4 Å². The van der Waals surface area contributed by atoms with Crippen molar-refractivity contribution in [1.82, 2.24) is 10.6 Å². The Kier molecular flexibility index (Phi) is 8.65. The molecular formula is C21H25N3O5. The molecule has 0 aliphatic rings. The first kappa shape index (κ1) is 21.9. The molecule has 5 N–H and O–H groups in total. The predicted molar refractivity (Wildman–Crippen MR) is 107 cm³/mol. The number of aliphatic hydroxyl groups is 1. The van der Waals surface area contributed by atoms with Crippen LogP contribution in [0, 0.1) is 0 Å². The van der Waals surface area contributed by atoms with Gasteiger partial charge in [-0.25, -0.2) is 4.79 Å². The highest BCUT2D eigenvalue weighted by Crippen LogP contribution is 2.06. The van der Waals surface area contributed by atoms with Crippen molar-refractivity contribution in [3.8, 4) is 0 Å². The standard InChI is InChI=1S/C21H25N3O5/c22-19(26)17(12-11-15-7-3-1-4-8-15)23-20(27)18(13-25)24-21(28)29-14-16-9-5-2-6-10-16/h1-10,17-18,25H,11-14H2,(H2,22,26)(H,23,27)(H,24,28)/t17-,18-/m0/s1. The van der Waals surface area contributed by atoms with Crippen molar-refractivity contribution in [2.24, 2.45) is 5.73 Å². The largest absolute Gasteiger partial charge is 0.445 e. The molecule has 154 valence electrons. The van der Waals surface area contributed by atoms with Crippen LogP contribution in [-0.4, -0.2) is 41.7 Å². The van der Waals surface area contributed by atoms with Crippen LogP contribution in [0.3, 0.4) is 0 Å². The van der Waals surface area contributed by atoms with Gasteiger partial charge in [0, 0.05) is 0 Å². The van der Waals surface area contributed by atoms with Crippen LogP contribution in [0.5, 0.6) is 0 Å². The van der Waals surface area contributed by atoms with Crippen LogP contribution in [0.2, 0.25) is 0 Å². The van der Waals surface area contributed by atoms with E-state index < -0.39 is 36.6 Å². The Bertz CT molecular complexity index is 798. The first-order chi connectivity index (χ1) is 14.0. The summed E-state index contributed by atoms with van der Waals surface area (Å²) in [6.07, 6.45) is -0.0322. The van der Waals surface area contributed by atoms with E-state index in [2.05, 4.69) is 10.6 Å². The van der Waals surface area contributed by atoms with Crippen LogP contribution in [0.25, 0.3) is 0 Å². The van der Waals surface area contributed by atoms with E-state index in [1.165, 1.54) is 0 Å². The average molecular weight is 399 g/mol. The summed E-state index contributed by atoms with van der Waals surface area (Å²) < 4.78 is 5.04. The Balaban J connectivity index is 1.85. The molecule has 0 spiro atoms. The Morgan fingerprint density at radius 1 is 0.897 bits per heavy atom. The van der Waals surface area contributed by atoms with Crippen molar-refractivity contribution >= 4 is 17.9 Å². The van der Waals surface area contributed by atoms with Crippen LogP contribution < -0.4 is 16.4 Å². The third-order valence-corrected chi connectivity index (χ3v) is 4.23. The van der Waals surface area contributed by atoms with Gasteiger partial charge in [-0.05, 0) is 24.0 Å². The summed E-state index contributed by atoms with van der Waals surface area (Å²) >= 11 is 0. The number of aliphatic hydroxyl groups excluding tert-OH is 1. The molecule has 0 radical (unpaired) electrons. The maximum absolute atomic E-state index is 12.4. The molecule has 0 heterocycles. The molecule has 2 aromatic rings. The van der Waals surface area contributed by atoms with Gasteiger partial charge in [0.2, 0.25) is 11.8 Å². The maximum atomic E-state index is 12.4. The zero-order valence-electron chi connectivity index (χ0n) is 15.9. The van der Waals surface area contributed by atoms with Gasteiger partial charge in [-0.2, -0.15) is 0 Å². The topological polar surface area (TPSA) is 131 Å². The molecule has 29 heavy (non-hydrogen) atoms. The fraction of sp³-hybridized carbons (Fsp3) is 0.286. The van der Waals surface area contributed by atoms with Crippen molar-refractivity contribution in [1.29, 1.82) is 0 Å². The van der Waals surface area contributed by atoms with E-state index in [0.29, 0.717) is 12.8 Å². The number of amides is 3. The highest BCUT2D eigenvalue weighted by molar-refractivity contribution is 5.90. The lowest BCUT2D eigenvalue weighted by molar-refractivity contribution is -0.129. The van der Waals surface area contributed by atoms with Gasteiger partial charge < -0.3 is 26.2 Å². The van der Waals surface area contributed by atoms with Crippen LogP contribution in [0.1, 0.15) is 17.5 Å². The minimum Gasteiger partial charge on any atom is -0.445 e. The van der Waals surface area contributed by atoms with E-state index >= 15 is 0 Å². The first-order valence-corrected chi connectivity index (χ1v) is 9.21. The molecule has 0 aliphatic heterocycles. The summed E-state index contributed by atoms with van der Waals surface area (Å²) in [7, 11) is 0. The summed E-state index contributed by atoms with van der Waals surface area (Å²) in [6.45, 7) is -0.635. The number of carbonyl (C=O) groups excluding carboxylic acids is 3. The Hall–Kier alpha value is -3.39. The van der Waals surface area contributed by atoms with Crippen molar-refractivity contribution < 1.29 is 24.2 Å². The summed E-state index contributed by atoms with van der Waals surface area (Å²) in [6, 6.07) is 16.3.